The molecule has 3 aromatic rings. The smallest absolute Gasteiger partial charge is 0.255 e. The number of hydrogen-bond acceptors (Lipinski definition) is 7. The topological polar surface area (TPSA) is 120 Å². The third-order valence-corrected chi connectivity index (χ3v) is 5.02. The number of aryl methyl sites for hydroxylation is 2. The van der Waals surface area contributed by atoms with Gasteiger partial charge < -0.3 is 19.3 Å². The lowest BCUT2D eigenvalue weighted by molar-refractivity contribution is 0.102. The molecular weight excluding hydrogens is 422 g/mol. The van der Waals surface area contributed by atoms with Gasteiger partial charge in [0, 0.05) is 11.3 Å². The van der Waals surface area contributed by atoms with Crippen molar-refractivity contribution < 1.29 is 27.2 Å². The first-order chi connectivity index (χ1) is 14.7. The predicted octanol–water partition coefficient (Wildman–Crippen LogP) is 3.50. The van der Waals surface area contributed by atoms with E-state index >= 15 is 0 Å². The minimum atomic E-state index is -3.51. The Balaban J connectivity index is 1.67. The second-order valence-electron chi connectivity index (χ2n) is 6.86. The lowest BCUT2D eigenvalue weighted by Crippen LogP contribution is -2.13. The van der Waals surface area contributed by atoms with E-state index < -0.39 is 10.0 Å². The second-order valence-corrected chi connectivity index (χ2v) is 8.61. The molecule has 1 heterocycles. The van der Waals surface area contributed by atoms with Crippen LogP contribution in [-0.4, -0.2) is 32.8 Å². The molecule has 0 radical (unpaired) electrons. The number of methoxy groups -OCH3 is 1. The van der Waals surface area contributed by atoms with Gasteiger partial charge >= 0.3 is 0 Å². The molecule has 9 nitrogen and oxygen atoms in total. The Morgan fingerprint density at radius 2 is 1.84 bits per heavy atom. The van der Waals surface area contributed by atoms with Gasteiger partial charge in [-0.15, -0.1) is 0 Å². The van der Waals surface area contributed by atoms with Gasteiger partial charge in [0.25, 0.3) is 5.91 Å². The normalized spacial score (nSPS) is 11.1. The highest BCUT2D eigenvalue weighted by molar-refractivity contribution is 7.92. The summed E-state index contributed by atoms with van der Waals surface area (Å²) >= 11 is 0. The summed E-state index contributed by atoms with van der Waals surface area (Å²) in [5, 5.41) is 6.62. The zero-order valence-corrected chi connectivity index (χ0v) is 18.4. The quantitative estimate of drug-likeness (QED) is 0.544. The molecule has 31 heavy (non-hydrogen) atoms. The number of ether oxygens (including phenoxy) is 2. The summed E-state index contributed by atoms with van der Waals surface area (Å²) in [5.41, 5.74) is 2.72. The SMILES string of the molecule is COc1ccc(NC(=O)c2ccc(OCc3c(C)noc3C)cc2)cc1NS(C)(=O)=O. The number of carbonyl (C=O) groups excluding carboxylic acids is 1. The fourth-order valence-electron chi connectivity index (χ4n) is 2.83. The highest BCUT2D eigenvalue weighted by Gasteiger charge is 2.13. The Labute approximate surface area is 180 Å². The average Bonchev–Trinajstić information content (AvgIpc) is 3.03. The molecule has 0 aliphatic rings. The molecule has 3 rings (SSSR count). The van der Waals surface area contributed by atoms with Gasteiger partial charge in [-0.3, -0.25) is 9.52 Å². The molecule has 0 atom stereocenters. The molecule has 1 amide bonds. The van der Waals surface area contributed by atoms with Crippen molar-refractivity contribution in [3.63, 3.8) is 0 Å². The van der Waals surface area contributed by atoms with E-state index in [1.165, 1.54) is 13.2 Å². The molecule has 0 saturated carbocycles. The van der Waals surface area contributed by atoms with E-state index in [9.17, 15) is 13.2 Å². The molecule has 2 N–H and O–H groups in total. The highest BCUT2D eigenvalue weighted by Crippen LogP contribution is 2.29. The molecule has 0 aliphatic carbocycles. The standard InChI is InChI=1S/C21H23N3O6S/c1-13-18(14(2)30-23-13)12-29-17-8-5-15(6-9-17)21(25)22-16-7-10-20(28-3)19(11-16)24-31(4,26)27/h5-11,24H,12H2,1-4H3,(H,22,25). The van der Waals surface area contributed by atoms with Crippen LogP contribution in [0.1, 0.15) is 27.4 Å². The van der Waals surface area contributed by atoms with Crippen molar-refractivity contribution >= 4 is 27.3 Å². The van der Waals surface area contributed by atoms with Crippen LogP contribution < -0.4 is 19.5 Å². The summed E-state index contributed by atoms with van der Waals surface area (Å²) in [6, 6.07) is 11.3. The Hall–Kier alpha value is -3.53. The first kappa shape index (κ1) is 22.2. The number of nitrogens with one attached hydrogen (secondary N) is 2. The van der Waals surface area contributed by atoms with Gasteiger partial charge in [0.2, 0.25) is 10.0 Å². The highest BCUT2D eigenvalue weighted by atomic mass is 32.2. The number of amides is 1. The molecule has 10 heteroatoms. The Morgan fingerprint density at radius 3 is 2.42 bits per heavy atom. The first-order valence-electron chi connectivity index (χ1n) is 9.28. The van der Waals surface area contributed by atoms with Gasteiger partial charge in [0.1, 0.15) is 23.9 Å². The van der Waals surface area contributed by atoms with Gasteiger partial charge in [0.05, 0.1) is 30.3 Å². The number of rotatable bonds is 8. The van der Waals surface area contributed by atoms with Crippen LogP contribution in [0.2, 0.25) is 0 Å². The maximum absolute atomic E-state index is 12.6. The van der Waals surface area contributed by atoms with Crippen molar-refractivity contribution in [1.82, 2.24) is 5.16 Å². The van der Waals surface area contributed by atoms with Gasteiger partial charge in [-0.05, 0) is 56.3 Å². The molecule has 0 bridgehead atoms. The lowest BCUT2D eigenvalue weighted by atomic mass is 10.2. The van der Waals surface area contributed by atoms with Gasteiger partial charge in [-0.25, -0.2) is 8.42 Å². The van der Waals surface area contributed by atoms with Crippen molar-refractivity contribution in [2.45, 2.75) is 20.5 Å². The van der Waals surface area contributed by atoms with Crippen molar-refractivity contribution in [2.75, 3.05) is 23.4 Å². The van der Waals surface area contributed by atoms with Crippen molar-refractivity contribution in [3.8, 4) is 11.5 Å². The molecule has 2 aromatic carbocycles. The van der Waals surface area contributed by atoms with E-state index in [0.717, 1.165) is 17.5 Å². The maximum Gasteiger partial charge on any atom is 0.255 e. The van der Waals surface area contributed by atoms with E-state index in [-0.39, 0.29) is 11.6 Å². The van der Waals surface area contributed by atoms with Gasteiger partial charge in [-0.1, -0.05) is 5.16 Å². The zero-order valence-electron chi connectivity index (χ0n) is 17.6. The number of sulfonamides is 1. The monoisotopic (exact) mass is 445 g/mol. The van der Waals surface area contributed by atoms with Crippen LogP contribution in [0.4, 0.5) is 11.4 Å². The molecule has 0 spiro atoms. The molecule has 0 fully saturated rings. The van der Waals surface area contributed by atoms with E-state index in [1.54, 1.807) is 36.4 Å². The summed E-state index contributed by atoms with van der Waals surface area (Å²) < 4.78 is 41.5. The summed E-state index contributed by atoms with van der Waals surface area (Å²) in [5.74, 6) is 1.29. The fraction of sp³-hybridized carbons (Fsp3) is 0.238. The van der Waals surface area contributed by atoms with Crippen LogP contribution in [0, 0.1) is 13.8 Å². The number of benzene rings is 2. The molecule has 0 unspecified atom stereocenters. The van der Waals surface area contributed by atoms with Gasteiger partial charge in [-0.2, -0.15) is 0 Å². The number of hydrogen-bond donors (Lipinski definition) is 2. The summed E-state index contributed by atoms with van der Waals surface area (Å²) in [7, 11) is -2.08. The van der Waals surface area contributed by atoms with E-state index in [4.69, 9.17) is 14.0 Å². The lowest BCUT2D eigenvalue weighted by Gasteiger charge is -2.12. The fourth-order valence-corrected chi connectivity index (χ4v) is 3.39. The maximum atomic E-state index is 12.6. The van der Waals surface area contributed by atoms with Crippen LogP contribution in [0.3, 0.4) is 0 Å². The second kappa shape index (κ2) is 9.09. The van der Waals surface area contributed by atoms with Crippen LogP contribution in [0.15, 0.2) is 47.0 Å². The third-order valence-electron chi connectivity index (χ3n) is 4.43. The summed E-state index contributed by atoms with van der Waals surface area (Å²) in [4.78, 5) is 12.6. The van der Waals surface area contributed by atoms with E-state index in [1.807, 2.05) is 13.8 Å². The number of nitrogens with zero attached hydrogens (tertiary/aromatic N) is 1. The minimum absolute atomic E-state index is 0.228. The van der Waals surface area contributed by atoms with Crippen molar-refractivity contribution in [1.29, 1.82) is 0 Å². The molecule has 164 valence electrons. The molecule has 1 aromatic heterocycles. The van der Waals surface area contributed by atoms with Crippen molar-refractivity contribution in [2.24, 2.45) is 0 Å². The number of anilines is 2. The van der Waals surface area contributed by atoms with Crippen LogP contribution in [0.25, 0.3) is 0 Å². The Kier molecular flexibility index (Phi) is 6.50. The minimum Gasteiger partial charge on any atom is -0.495 e. The van der Waals surface area contributed by atoms with E-state index in [0.29, 0.717) is 35.1 Å². The third kappa shape index (κ3) is 5.76. The molecule has 0 saturated heterocycles. The first-order valence-corrected chi connectivity index (χ1v) is 11.2. The number of carbonyl (C=O) groups is 1. The van der Waals surface area contributed by atoms with Crippen LogP contribution in [0.5, 0.6) is 11.5 Å². The van der Waals surface area contributed by atoms with Crippen molar-refractivity contribution in [3.05, 3.63) is 65.0 Å². The Morgan fingerprint density at radius 1 is 1.13 bits per heavy atom. The predicted molar refractivity (Wildman–Crippen MR) is 116 cm³/mol. The summed E-state index contributed by atoms with van der Waals surface area (Å²) in [6.45, 7) is 3.98. The molecule has 0 aliphatic heterocycles. The largest absolute Gasteiger partial charge is 0.495 e. The zero-order chi connectivity index (χ0) is 22.6. The molecular formula is C21H23N3O6S. The number of aromatic nitrogens is 1. The van der Waals surface area contributed by atoms with Crippen LogP contribution in [-0.2, 0) is 16.6 Å². The average molecular weight is 445 g/mol. The summed E-state index contributed by atoms with van der Waals surface area (Å²) in [6.07, 6.45) is 1.03. The van der Waals surface area contributed by atoms with Gasteiger partial charge in [0.15, 0.2) is 0 Å². The van der Waals surface area contributed by atoms with Crippen LogP contribution >= 0.6 is 0 Å². The Bertz CT molecular complexity index is 1170. The van der Waals surface area contributed by atoms with E-state index in [2.05, 4.69) is 15.2 Å².